The molecular weight excluding hydrogens is 299 g/mol. The predicted molar refractivity (Wildman–Crippen MR) is 64.8 cm³/mol. The molecule has 114 valence electrons. The molecule has 0 amide bonds. The van der Waals surface area contributed by atoms with Gasteiger partial charge in [0.2, 0.25) is 10.0 Å². The zero-order valence-corrected chi connectivity index (χ0v) is 11.6. The first-order chi connectivity index (χ1) is 9.11. The van der Waals surface area contributed by atoms with Gasteiger partial charge >= 0.3 is 6.18 Å². The van der Waals surface area contributed by atoms with Gasteiger partial charge in [0.05, 0.1) is 13.7 Å². The first kappa shape index (κ1) is 16.7. The predicted octanol–water partition coefficient (Wildman–Crippen LogP) is 1.37. The van der Waals surface area contributed by atoms with Gasteiger partial charge in [-0.15, -0.1) is 0 Å². The fourth-order valence-electron chi connectivity index (χ4n) is 1.53. The highest BCUT2D eigenvalue weighted by atomic mass is 32.2. The number of hydrogen-bond donors (Lipinski definition) is 1. The smallest absolute Gasteiger partial charge is 0.402 e. The summed E-state index contributed by atoms with van der Waals surface area (Å²) in [6, 6.07) is 3.78. The van der Waals surface area contributed by atoms with Crippen LogP contribution in [-0.2, 0) is 16.6 Å². The third kappa shape index (κ3) is 3.84. The van der Waals surface area contributed by atoms with Crippen molar-refractivity contribution in [1.82, 2.24) is 4.31 Å². The van der Waals surface area contributed by atoms with E-state index in [-0.39, 0.29) is 15.6 Å². The molecule has 1 aromatic carbocycles. The second-order valence-electron chi connectivity index (χ2n) is 4.02. The monoisotopic (exact) mass is 313 g/mol. The van der Waals surface area contributed by atoms with E-state index in [4.69, 9.17) is 9.84 Å². The lowest BCUT2D eigenvalue weighted by Crippen LogP contribution is -2.36. The topological polar surface area (TPSA) is 66.8 Å². The van der Waals surface area contributed by atoms with Crippen molar-refractivity contribution in [2.75, 3.05) is 20.7 Å². The molecule has 0 radical (unpaired) electrons. The van der Waals surface area contributed by atoms with Crippen LogP contribution in [-0.4, -0.2) is 44.7 Å². The summed E-state index contributed by atoms with van der Waals surface area (Å²) in [6.07, 6.45) is -4.65. The second kappa shape index (κ2) is 5.98. The Morgan fingerprint density at radius 1 is 1.35 bits per heavy atom. The van der Waals surface area contributed by atoms with Crippen LogP contribution in [0.4, 0.5) is 13.2 Å². The van der Waals surface area contributed by atoms with Crippen LogP contribution >= 0.6 is 0 Å². The molecule has 0 aliphatic heterocycles. The first-order valence-electron chi connectivity index (χ1n) is 5.42. The Morgan fingerprint density at radius 2 is 1.95 bits per heavy atom. The number of alkyl halides is 3. The standard InChI is InChI=1S/C11H14F3NO4S/c1-15(7-11(12,13)14)20(17,18)10-5-8(6-16)3-4-9(10)19-2/h3-5,16H,6-7H2,1-2H3. The van der Waals surface area contributed by atoms with Crippen LogP contribution in [0.1, 0.15) is 5.56 Å². The normalized spacial score (nSPS) is 12.8. The van der Waals surface area contributed by atoms with Crippen LogP contribution in [0.5, 0.6) is 5.75 Å². The molecule has 0 aliphatic rings. The molecule has 9 heteroatoms. The number of aliphatic hydroxyl groups excluding tert-OH is 1. The number of sulfonamides is 1. The molecule has 0 atom stereocenters. The van der Waals surface area contributed by atoms with E-state index < -0.39 is 34.2 Å². The SMILES string of the molecule is COc1ccc(CO)cc1S(=O)(=O)N(C)CC(F)(F)F. The average molecular weight is 313 g/mol. The van der Waals surface area contributed by atoms with Crippen LogP contribution in [0.3, 0.4) is 0 Å². The molecule has 1 rings (SSSR count). The van der Waals surface area contributed by atoms with Gasteiger partial charge in [-0.3, -0.25) is 0 Å². The molecule has 1 aromatic rings. The molecular formula is C11H14F3NO4S. The third-order valence-corrected chi connectivity index (χ3v) is 4.33. The Kier molecular flexibility index (Phi) is 5.00. The average Bonchev–Trinajstić information content (AvgIpc) is 2.35. The van der Waals surface area contributed by atoms with E-state index in [2.05, 4.69) is 0 Å². The zero-order valence-electron chi connectivity index (χ0n) is 10.8. The molecule has 0 heterocycles. The van der Waals surface area contributed by atoms with Crippen molar-refractivity contribution < 1.29 is 31.4 Å². The van der Waals surface area contributed by atoms with E-state index in [1.54, 1.807) is 0 Å². The Hall–Kier alpha value is -1.32. The van der Waals surface area contributed by atoms with Crippen molar-refractivity contribution in [2.24, 2.45) is 0 Å². The van der Waals surface area contributed by atoms with Crippen LogP contribution in [0.15, 0.2) is 23.1 Å². The Bertz CT molecular complexity index is 572. The largest absolute Gasteiger partial charge is 0.495 e. The van der Waals surface area contributed by atoms with Gasteiger partial charge in [-0.25, -0.2) is 8.42 Å². The van der Waals surface area contributed by atoms with E-state index in [1.807, 2.05) is 0 Å². The molecule has 0 bridgehead atoms. The lowest BCUT2D eigenvalue weighted by atomic mass is 10.2. The Balaban J connectivity index is 3.26. The van der Waals surface area contributed by atoms with Crippen molar-refractivity contribution in [1.29, 1.82) is 0 Å². The summed E-state index contributed by atoms with van der Waals surface area (Å²) >= 11 is 0. The van der Waals surface area contributed by atoms with Crippen LogP contribution in [0.2, 0.25) is 0 Å². The lowest BCUT2D eigenvalue weighted by Gasteiger charge is -2.20. The maximum absolute atomic E-state index is 12.3. The fraction of sp³-hybridized carbons (Fsp3) is 0.455. The highest BCUT2D eigenvalue weighted by Gasteiger charge is 2.36. The molecule has 5 nitrogen and oxygen atoms in total. The van der Waals surface area contributed by atoms with Gasteiger partial charge in [0.1, 0.15) is 17.2 Å². The summed E-state index contributed by atoms with van der Waals surface area (Å²) < 4.78 is 66.2. The fourth-order valence-corrected chi connectivity index (χ4v) is 2.88. The van der Waals surface area contributed by atoms with Gasteiger partial charge < -0.3 is 9.84 Å². The minimum Gasteiger partial charge on any atom is -0.495 e. The van der Waals surface area contributed by atoms with Gasteiger partial charge in [-0.2, -0.15) is 17.5 Å². The van der Waals surface area contributed by atoms with Gasteiger partial charge in [-0.05, 0) is 17.7 Å². The number of hydrogen-bond acceptors (Lipinski definition) is 4. The Morgan fingerprint density at radius 3 is 2.40 bits per heavy atom. The van der Waals surface area contributed by atoms with Gasteiger partial charge in [0.15, 0.2) is 0 Å². The van der Waals surface area contributed by atoms with Crippen LogP contribution in [0.25, 0.3) is 0 Å². The first-order valence-corrected chi connectivity index (χ1v) is 6.86. The highest BCUT2D eigenvalue weighted by molar-refractivity contribution is 7.89. The minimum absolute atomic E-state index is 0.0868. The number of methoxy groups -OCH3 is 1. The minimum atomic E-state index is -4.65. The molecule has 0 spiro atoms. The van der Waals surface area contributed by atoms with Crippen molar-refractivity contribution in [2.45, 2.75) is 17.7 Å². The van der Waals surface area contributed by atoms with E-state index in [1.165, 1.54) is 19.2 Å². The summed E-state index contributed by atoms with van der Waals surface area (Å²) in [5.74, 6) is -0.0868. The Labute approximate surface area is 114 Å². The van der Waals surface area contributed by atoms with Gasteiger partial charge in [0, 0.05) is 7.05 Å². The lowest BCUT2D eigenvalue weighted by molar-refractivity contribution is -0.134. The molecule has 0 saturated heterocycles. The van der Waals surface area contributed by atoms with E-state index in [0.717, 1.165) is 13.1 Å². The van der Waals surface area contributed by atoms with Gasteiger partial charge in [0.25, 0.3) is 0 Å². The second-order valence-corrected chi connectivity index (χ2v) is 6.03. The summed E-state index contributed by atoms with van der Waals surface area (Å²) in [7, 11) is -2.34. The van der Waals surface area contributed by atoms with E-state index >= 15 is 0 Å². The van der Waals surface area contributed by atoms with E-state index in [0.29, 0.717) is 0 Å². The maximum atomic E-state index is 12.3. The summed E-state index contributed by atoms with van der Waals surface area (Å²) in [4.78, 5) is -0.418. The molecule has 20 heavy (non-hydrogen) atoms. The number of rotatable bonds is 5. The quantitative estimate of drug-likeness (QED) is 0.891. The molecule has 0 unspecified atom stereocenters. The van der Waals surface area contributed by atoms with Crippen molar-refractivity contribution in [3.63, 3.8) is 0 Å². The number of halogens is 3. The summed E-state index contributed by atoms with van der Waals surface area (Å²) in [5.41, 5.74) is 0.254. The van der Waals surface area contributed by atoms with Crippen LogP contribution in [0, 0.1) is 0 Å². The molecule has 0 aromatic heterocycles. The van der Waals surface area contributed by atoms with Crippen molar-refractivity contribution >= 4 is 10.0 Å². The summed E-state index contributed by atoms with van der Waals surface area (Å²) in [5, 5.41) is 8.99. The maximum Gasteiger partial charge on any atom is 0.402 e. The molecule has 0 aliphatic carbocycles. The number of aliphatic hydroxyl groups is 1. The van der Waals surface area contributed by atoms with Gasteiger partial charge in [-0.1, -0.05) is 6.07 Å². The van der Waals surface area contributed by atoms with Crippen LogP contribution < -0.4 is 4.74 Å². The molecule has 1 N–H and O–H groups in total. The zero-order chi connectivity index (χ0) is 15.6. The highest BCUT2D eigenvalue weighted by Crippen LogP contribution is 2.29. The molecule has 0 fully saturated rings. The number of benzene rings is 1. The van der Waals surface area contributed by atoms with E-state index in [9.17, 15) is 21.6 Å². The number of ether oxygens (including phenoxy) is 1. The van der Waals surface area contributed by atoms with Crippen molar-refractivity contribution in [3.05, 3.63) is 23.8 Å². The number of nitrogens with zero attached hydrogens (tertiary/aromatic N) is 1. The summed E-state index contributed by atoms with van der Waals surface area (Å²) in [6.45, 7) is -2.04. The third-order valence-electron chi connectivity index (χ3n) is 2.50. The molecule has 0 saturated carbocycles. The van der Waals surface area contributed by atoms with Crippen molar-refractivity contribution in [3.8, 4) is 5.75 Å².